The van der Waals surface area contributed by atoms with Gasteiger partial charge in [-0.1, -0.05) is 121 Å². The van der Waals surface area contributed by atoms with Gasteiger partial charge in [-0.3, -0.25) is 4.79 Å². The second kappa shape index (κ2) is 19.7. The van der Waals surface area contributed by atoms with Crippen LogP contribution in [-0.4, -0.2) is 97.9 Å². The summed E-state index contributed by atoms with van der Waals surface area (Å²) in [5, 5.41) is 22.5. The monoisotopic (exact) mass is 758 g/mol. The lowest BCUT2D eigenvalue weighted by atomic mass is 10.0. The second-order valence-corrected chi connectivity index (χ2v) is 13.6. The quantitative estimate of drug-likeness (QED) is 0.121. The van der Waals surface area contributed by atoms with E-state index in [0.29, 0.717) is 6.61 Å². The second-order valence-electron chi connectivity index (χ2n) is 13.6. The summed E-state index contributed by atoms with van der Waals surface area (Å²) in [5.74, 6) is -4.12. The molecule has 0 saturated carbocycles. The number of benzene rings is 4. The molecule has 0 spiro atoms. The predicted molar refractivity (Wildman–Crippen MR) is 199 cm³/mol. The molecule has 6 rings (SSSR count). The Labute approximate surface area is 321 Å². The minimum absolute atomic E-state index is 0.0717. The van der Waals surface area contributed by atoms with Crippen LogP contribution in [-0.2, 0) is 73.9 Å². The molecule has 4 aromatic carbocycles. The van der Waals surface area contributed by atoms with Crippen LogP contribution in [0.3, 0.4) is 0 Å². The van der Waals surface area contributed by atoms with Crippen molar-refractivity contribution in [3.05, 3.63) is 144 Å². The maximum Gasteiger partial charge on any atom is 0.302 e. The fraction of sp³-hybridized carbons (Fsp3) is 0.419. The third-order valence-electron chi connectivity index (χ3n) is 9.68. The van der Waals surface area contributed by atoms with E-state index in [-0.39, 0.29) is 39.6 Å². The summed E-state index contributed by atoms with van der Waals surface area (Å²) in [6, 6.07) is 38.6. The molecule has 2 aliphatic rings. The van der Waals surface area contributed by atoms with Crippen LogP contribution in [0.2, 0.25) is 0 Å². The van der Waals surface area contributed by atoms with Crippen LogP contribution in [0.25, 0.3) is 0 Å². The van der Waals surface area contributed by atoms with Crippen LogP contribution in [0.1, 0.15) is 29.2 Å². The third-order valence-corrected chi connectivity index (χ3v) is 9.68. The summed E-state index contributed by atoms with van der Waals surface area (Å²) in [6.45, 7) is 0.844. The maximum absolute atomic E-state index is 11.7. The zero-order valence-corrected chi connectivity index (χ0v) is 31.1. The van der Waals surface area contributed by atoms with Crippen LogP contribution in [0, 0.1) is 0 Å². The lowest BCUT2D eigenvalue weighted by Crippen LogP contribution is -2.56. The maximum atomic E-state index is 11.7. The van der Waals surface area contributed by atoms with Gasteiger partial charge >= 0.3 is 5.97 Å². The molecule has 55 heavy (non-hydrogen) atoms. The number of aliphatic hydroxyl groups excluding tert-OH is 2. The molecule has 12 nitrogen and oxygen atoms in total. The van der Waals surface area contributed by atoms with E-state index in [9.17, 15) is 15.0 Å². The van der Waals surface area contributed by atoms with E-state index < -0.39 is 60.8 Å². The molecule has 0 aliphatic carbocycles. The fourth-order valence-corrected chi connectivity index (χ4v) is 6.79. The number of carbonyl (C=O) groups excluding carboxylic acids is 1. The minimum Gasteiger partial charge on any atom is -0.463 e. The summed E-state index contributed by atoms with van der Waals surface area (Å²) < 4.78 is 56.6. The highest BCUT2D eigenvalue weighted by Gasteiger charge is 2.62. The molecular formula is C43H50O12. The molecule has 0 bridgehead atoms. The zero-order chi connectivity index (χ0) is 38.5. The Balaban J connectivity index is 1.29. The highest BCUT2D eigenvalue weighted by atomic mass is 16.8. The number of methoxy groups -OCH3 is 1. The van der Waals surface area contributed by atoms with Crippen molar-refractivity contribution in [2.75, 3.05) is 33.5 Å². The highest BCUT2D eigenvalue weighted by Crippen LogP contribution is 2.42. The van der Waals surface area contributed by atoms with Gasteiger partial charge in [-0.25, -0.2) is 0 Å². The molecule has 8 atom stereocenters. The Morgan fingerprint density at radius 3 is 1.60 bits per heavy atom. The predicted octanol–water partition coefficient (Wildman–Crippen LogP) is 4.73. The van der Waals surface area contributed by atoms with Gasteiger partial charge in [-0.2, -0.15) is 0 Å². The SMILES string of the molecule is CO[C@]1(CO[C@]2(CO)O[C@H](COC(C)=O)[C@@H](O)[C@@H]2OCc2ccccc2)O[C@H](COCc2ccccc2)[C@@H](OCc2ccccc2)[C@@H]1OCc1ccccc1. The Morgan fingerprint density at radius 1 is 0.636 bits per heavy atom. The van der Waals surface area contributed by atoms with Crippen LogP contribution in [0.5, 0.6) is 0 Å². The van der Waals surface area contributed by atoms with Gasteiger partial charge in [-0.15, -0.1) is 0 Å². The van der Waals surface area contributed by atoms with E-state index in [0.717, 1.165) is 22.3 Å². The molecule has 294 valence electrons. The van der Waals surface area contributed by atoms with Gasteiger partial charge in [0.25, 0.3) is 0 Å². The number of rotatable bonds is 20. The largest absolute Gasteiger partial charge is 0.463 e. The summed E-state index contributed by atoms with van der Waals surface area (Å²) in [5.41, 5.74) is 3.68. The van der Waals surface area contributed by atoms with Crippen molar-refractivity contribution < 1.29 is 57.6 Å². The first-order valence-corrected chi connectivity index (χ1v) is 18.4. The van der Waals surface area contributed by atoms with Crippen molar-refractivity contribution in [3.63, 3.8) is 0 Å². The van der Waals surface area contributed by atoms with Crippen molar-refractivity contribution in [2.45, 2.75) is 81.5 Å². The first kappa shape index (κ1) is 40.6. The van der Waals surface area contributed by atoms with Crippen LogP contribution >= 0.6 is 0 Å². The Hall–Kier alpha value is -4.05. The number of hydrogen-bond donors (Lipinski definition) is 2. The van der Waals surface area contributed by atoms with Crippen LogP contribution in [0.15, 0.2) is 121 Å². The topological polar surface area (TPSA) is 141 Å². The first-order chi connectivity index (χ1) is 26.8. The lowest BCUT2D eigenvalue weighted by Gasteiger charge is -2.38. The summed E-state index contributed by atoms with van der Waals surface area (Å²) in [7, 11) is 1.48. The Bertz CT molecular complexity index is 1720. The van der Waals surface area contributed by atoms with Gasteiger partial charge < -0.3 is 52.8 Å². The van der Waals surface area contributed by atoms with E-state index in [1.807, 2.05) is 121 Å². The van der Waals surface area contributed by atoms with E-state index in [2.05, 4.69) is 0 Å². The molecule has 2 fully saturated rings. The molecule has 2 aliphatic heterocycles. The summed E-state index contributed by atoms with van der Waals surface area (Å²) in [6.07, 6.45) is -5.94. The number of aliphatic hydroxyl groups is 2. The average molecular weight is 759 g/mol. The first-order valence-electron chi connectivity index (χ1n) is 18.4. The van der Waals surface area contributed by atoms with E-state index in [4.69, 9.17) is 42.6 Å². The molecule has 4 aromatic rings. The van der Waals surface area contributed by atoms with Crippen molar-refractivity contribution in [1.29, 1.82) is 0 Å². The molecule has 2 heterocycles. The molecule has 0 unspecified atom stereocenters. The number of carbonyl (C=O) groups is 1. The number of esters is 1. The smallest absolute Gasteiger partial charge is 0.302 e. The molecule has 2 saturated heterocycles. The fourth-order valence-electron chi connectivity index (χ4n) is 6.79. The van der Waals surface area contributed by atoms with Gasteiger partial charge in [0.2, 0.25) is 11.6 Å². The van der Waals surface area contributed by atoms with Crippen LogP contribution < -0.4 is 0 Å². The molecule has 2 N–H and O–H groups in total. The van der Waals surface area contributed by atoms with Crippen molar-refractivity contribution in [2.24, 2.45) is 0 Å². The van der Waals surface area contributed by atoms with E-state index in [1.165, 1.54) is 14.0 Å². The van der Waals surface area contributed by atoms with Gasteiger partial charge in [0, 0.05) is 14.0 Å². The van der Waals surface area contributed by atoms with Crippen molar-refractivity contribution in [1.82, 2.24) is 0 Å². The van der Waals surface area contributed by atoms with Crippen LogP contribution in [0.4, 0.5) is 0 Å². The number of ether oxygens (including phenoxy) is 9. The minimum atomic E-state index is -1.93. The molecular weight excluding hydrogens is 708 g/mol. The average Bonchev–Trinajstić information content (AvgIpc) is 3.67. The summed E-state index contributed by atoms with van der Waals surface area (Å²) >= 11 is 0. The normalized spacial score (nSPS) is 27.6. The zero-order valence-electron chi connectivity index (χ0n) is 31.1. The molecule has 12 heteroatoms. The lowest BCUT2D eigenvalue weighted by molar-refractivity contribution is -0.341. The van der Waals surface area contributed by atoms with Gasteiger partial charge in [0.05, 0.1) is 33.0 Å². The Kier molecular flexibility index (Phi) is 14.5. The molecule has 0 radical (unpaired) electrons. The van der Waals surface area contributed by atoms with Crippen molar-refractivity contribution in [3.8, 4) is 0 Å². The molecule has 0 aromatic heterocycles. The van der Waals surface area contributed by atoms with Gasteiger partial charge in [0.15, 0.2) is 0 Å². The highest BCUT2D eigenvalue weighted by molar-refractivity contribution is 5.65. The van der Waals surface area contributed by atoms with Crippen molar-refractivity contribution >= 4 is 5.97 Å². The van der Waals surface area contributed by atoms with E-state index >= 15 is 0 Å². The molecule has 0 amide bonds. The van der Waals surface area contributed by atoms with E-state index in [1.54, 1.807) is 0 Å². The Morgan fingerprint density at radius 2 is 1.11 bits per heavy atom. The summed E-state index contributed by atoms with van der Waals surface area (Å²) in [4.78, 5) is 11.7. The van der Waals surface area contributed by atoms with Gasteiger partial charge in [-0.05, 0) is 22.3 Å². The number of hydrogen-bond acceptors (Lipinski definition) is 12. The third kappa shape index (κ3) is 10.4. The standard InChI is InChI=1S/C43H50O12/c1-31(45)49-28-36-38(46)40(51-25-34-19-11-5-12-20-34)42(29-44,54-36)53-30-43(47-2)41(52-26-35-21-13-6-14-22-35)39(50-24-33-17-9-4-10-18-33)37(55-43)27-48-23-32-15-7-3-8-16-32/h3-22,36-41,44,46H,23-30H2,1-2H3/t36-,37-,38-,39-,40+,41+,42-,43-/m1/s1. The van der Waals surface area contributed by atoms with Gasteiger partial charge in [0.1, 0.15) is 56.4 Å².